The molecule has 0 atom stereocenters. The van der Waals surface area contributed by atoms with E-state index in [1.54, 1.807) is 0 Å². The summed E-state index contributed by atoms with van der Waals surface area (Å²) in [6, 6.07) is 85.2. The zero-order valence-corrected chi connectivity index (χ0v) is 32.3. The SMILES string of the molecule is c1ccc(-c2cccc3c2c2cc(-n4c5ccccc5c5c([Si](c6ccccc6)(c6ccccc6)c6ccccc6)cccc54)ccc2n3-c2ccccc2)cc1. The smallest absolute Gasteiger partial charge is 0.180 e. The maximum Gasteiger partial charge on any atom is 0.180 e. The Balaban J connectivity index is 1.25. The Labute approximate surface area is 333 Å². The summed E-state index contributed by atoms with van der Waals surface area (Å²) in [4.78, 5) is 0. The molecule has 0 amide bonds. The molecule has 3 heteroatoms. The van der Waals surface area contributed by atoms with Crippen molar-refractivity contribution in [3.8, 4) is 22.5 Å². The second-order valence-electron chi connectivity index (χ2n) is 14.8. The zero-order valence-electron chi connectivity index (χ0n) is 31.3. The molecule has 0 unspecified atom stereocenters. The van der Waals surface area contributed by atoms with Gasteiger partial charge < -0.3 is 9.13 Å². The lowest BCUT2D eigenvalue weighted by atomic mass is 9.99. The average Bonchev–Trinajstić information content (AvgIpc) is 3.81. The second-order valence-corrected chi connectivity index (χ2v) is 18.6. The van der Waals surface area contributed by atoms with Gasteiger partial charge in [0.1, 0.15) is 0 Å². The third kappa shape index (κ3) is 5.10. The molecule has 268 valence electrons. The molecule has 2 heterocycles. The average molecular weight is 743 g/mol. The molecule has 2 nitrogen and oxygen atoms in total. The monoisotopic (exact) mass is 742 g/mol. The molecule has 11 aromatic rings. The summed E-state index contributed by atoms with van der Waals surface area (Å²) in [7, 11) is -2.84. The quantitative estimate of drug-likeness (QED) is 0.114. The summed E-state index contributed by atoms with van der Waals surface area (Å²) in [5, 5.41) is 10.6. The number of fused-ring (bicyclic) bond motifs is 6. The Morgan fingerprint density at radius 2 is 0.772 bits per heavy atom. The molecule has 0 N–H and O–H groups in total. The molecule has 9 aromatic carbocycles. The van der Waals surface area contributed by atoms with E-state index >= 15 is 0 Å². The van der Waals surface area contributed by atoms with E-state index in [4.69, 9.17) is 0 Å². The van der Waals surface area contributed by atoms with Gasteiger partial charge in [0.05, 0.1) is 22.1 Å². The molecule has 0 aliphatic carbocycles. The van der Waals surface area contributed by atoms with E-state index in [0.29, 0.717) is 0 Å². The van der Waals surface area contributed by atoms with Crippen LogP contribution in [-0.4, -0.2) is 17.2 Å². The van der Waals surface area contributed by atoms with Gasteiger partial charge in [0.2, 0.25) is 0 Å². The Bertz CT molecular complexity index is 3110. The van der Waals surface area contributed by atoms with Crippen molar-refractivity contribution in [3.63, 3.8) is 0 Å². The molecule has 0 fully saturated rings. The van der Waals surface area contributed by atoms with Gasteiger partial charge in [-0.25, -0.2) is 0 Å². The molecule has 0 aliphatic rings. The van der Waals surface area contributed by atoms with Crippen LogP contribution >= 0.6 is 0 Å². The minimum absolute atomic E-state index is 1.15. The third-order valence-electron chi connectivity index (χ3n) is 11.9. The zero-order chi connectivity index (χ0) is 37.8. The van der Waals surface area contributed by atoms with Crippen molar-refractivity contribution in [1.29, 1.82) is 0 Å². The van der Waals surface area contributed by atoms with Gasteiger partial charge in [-0.3, -0.25) is 0 Å². The Hall–Kier alpha value is -7.20. The number of nitrogens with zero attached hydrogens (tertiary/aromatic N) is 2. The Morgan fingerprint density at radius 3 is 1.40 bits per heavy atom. The minimum atomic E-state index is -2.84. The third-order valence-corrected chi connectivity index (χ3v) is 16.7. The topological polar surface area (TPSA) is 9.86 Å². The lowest BCUT2D eigenvalue weighted by Gasteiger charge is -2.35. The summed E-state index contributed by atoms with van der Waals surface area (Å²) < 4.78 is 4.93. The molecular formula is C54H38N2Si. The van der Waals surface area contributed by atoms with E-state index in [-0.39, 0.29) is 0 Å². The van der Waals surface area contributed by atoms with Gasteiger partial charge in [-0.1, -0.05) is 182 Å². The molecule has 2 aromatic heterocycles. The van der Waals surface area contributed by atoms with Crippen molar-refractivity contribution in [2.75, 3.05) is 0 Å². The van der Waals surface area contributed by atoms with Crippen LogP contribution < -0.4 is 20.7 Å². The normalized spacial score (nSPS) is 11.9. The molecule has 0 aliphatic heterocycles. The first-order valence-electron chi connectivity index (χ1n) is 19.7. The molecule has 57 heavy (non-hydrogen) atoms. The predicted octanol–water partition coefficient (Wildman–Crippen LogP) is 10.9. The molecule has 0 spiro atoms. The Kier molecular flexibility index (Phi) is 7.87. The van der Waals surface area contributed by atoms with Crippen molar-refractivity contribution in [2.24, 2.45) is 0 Å². The maximum absolute atomic E-state index is 2.84. The van der Waals surface area contributed by atoms with Crippen LogP contribution in [0.4, 0.5) is 0 Å². The van der Waals surface area contributed by atoms with Gasteiger partial charge >= 0.3 is 0 Å². The number of para-hydroxylation sites is 2. The number of rotatable bonds is 7. The van der Waals surface area contributed by atoms with Crippen molar-refractivity contribution < 1.29 is 0 Å². The molecule has 0 saturated carbocycles. The first-order valence-corrected chi connectivity index (χ1v) is 21.7. The van der Waals surface area contributed by atoms with Crippen molar-refractivity contribution in [3.05, 3.63) is 231 Å². The molecule has 0 radical (unpaired) electrons. The fraction of sp³-hybridized carbons (Fsp3) is 0. The van der Waals surface area contributed by atoms with E-state index < -0.39 is 8.07 Å². The van der Waals surface area contributed by atoms with Gasteiger partial charge in [-0.05, 0) is 80.4 Å². The lowest BCUT2D eigenvalue weighted by molar-refractivity contribution is 1.17. The highest BCUT2D eigenvalue weighted by molar-refractivity contribution is 7.20. The molecule has 0 saturated heterocycles. The molecule has 0 bridgehead atoms. The summed E-state index contributed by atoms with van der Waals surface area (Å²) in [5.41, 5.74) is 9.55. The van der Waals surface area contributed by atoms with Crippen LogP contribution in [-0.2, 0) is 0 Å². The number of benzene rings is 9. The molecule has 11 rings (SSSR count). The highest BCUT2D eigenvalue weighted by Gasteiger charge is 2.43. The second kappa shape index (κ2) is 13.5. The fourth-order valence-corrected chi connectivity index (χ4v) is 14.5. The van der Waals surface area contributed by atoms with Gasteiger partial charge in [0, 0.05) is 32.9 Å². The summed E-state index contributed by atoms with van der Waals surface area (Å²) >= 11 is 0. The molecular weight excluding hydrogens is 705 g/mol. The lowest BCUT2D eigenvalue weighted by Crippen LogP contribution is -2.74. The van der Waals surface area contributed by atoms with E-state index in [1.165, 1.54) is 75.5 Å². The van der Waals surface area contributed by atoms with Gasteiger partial charge in [0.15, 0.2) is 8.07 Å². The van der Waals surface area contributed by atoms with Crippen molar-refractivity contribution in [2.45, 2.75) is 0 Å². The fourth-order valence-electron chi connectivity index (χ4n) is 9.55. The van der Waals surface area contributed by atoms with Crippen LogP contribution in [0.15, 0.2) is 231 Å². The first-order chi connectivity index (χ1) is 28.3. The first kappa shape index (κ1) is 33.2. The van der Waals surface area contributed by atoms with Crippen LogP contribution in [0.3, 0.4) is 0 Å². The highest BCUT2D eigenvalue weighted by atomic mass is 28.3. The Morgan fingerprint density at radius 1 is 0.298 bits per heavy atom. The maximum atomic E-state index is 2.50. The minimum Gasteiger partial charge on any atom is -0.309 e. The summed E-state index contributed by atoms with van der Waals surface area (Å²) in [6.07, 6.45) is 0. The summed E-state index contributed by atoms with van der Waals surface area (Å²) in [5.74, 6) is 0. The van der Waals surface area contributed by atoms with Crippen LogP contribution in [0, 0.1) is 0 Å². The van der Waals surface area contributed by atoms with Crippen molar-refractivity contribution in [1.82, 2.24) is 9.13 Å². The van der Waals surface area contributed by atoms with Crippen LogP contribution in [0.25, 0.3) is 66.1 Å². The van der Waals surface area contributed by atoms with Crippen molar-refractivity contribution >= 4 is 72.4 Å². The van der Waals surface area contributed by atoms with Gasteiger partial charge in [0.25, 0.3) is 0 Å². The predicted molar refractivity (Wildman–Crippen MR) is 244 cm³/mol. The number of hydrogen-bond acceptors (Lipinski definition) is 0. The van der Waals surface area contributed by atoms with Crippen LogP contribution in [0.2, 0.25) is 0 Å². The van der Waals surface area contributed by atoms with Crippen LogP contribution in [0.5, 0.6) is 0 Å². The van der Waals surface area contributed by atoms with E-state index in [2.05, 4.69) is 240 Å². The van der Waals surface area contributed by atoms with E-state index in [0.717, 1.165) is 11.4 Å². The largest absolute Gasteiger partial charge is 0.309 e. The standard InChI is InChI=1S/C54H38N2Si/c1-6-20-39(21-7-1)45-31-18-33-50-53(45)47-38-41(36-37-49(47)55(50)40-22-8-2-9-23-40)56-48-32-17-16-30-46(48)54-51(56)34-19-35-52(54)57(42-24-10-3-11-25-42,43-26-12-4-13-27-43)44-28-14-5-15-29-44/h1-38H. The van der Waals surface area contributed by atoms with Gasteiger partial charge in [-0.2, -0.15) is 0 Å². The van der Waals surface area contributed by atoms with E-state index in [1.807, 2.05) is 0 Å². The number of hydrogen-bond donors (Lipinski definition) is 0. The summed E-state index contributed by atoms with van der Waals surface area (Å²) in [6.45, 7) is 0. The van der Waals surface area contributed by atoms with Gasteiger partial charge in [-0.15, -0.1) is 0 Å². The van der Waals surface area contributed by atoms with E-state index in [9.17, 15) is 0 Å². The van der Waals surface area contributed by atoms with Crippen LogP contribution in [0.1, 0.15) is 0 Å². The number of aromatic nitrogens is 2. The highest BCUT2D eigenvalue weighted by Crippen LogP contribution is 2.41.